The molecule has 1 aliphatic heterocycles. The number of thiophene rings is 1. The van der Waals surface area contributed by atoms with Gasteiger partial charge in [-0.3, -0.25) is 4.79 Å². The van der Waals surface area contributed by atoms with Crippen LogP contribution in [0.4, 0.5) is 4.79 Å². The topological polar surface area (TPSA) is 58.6 Å². The molecule has 1 N–H and O–H groups in total. The van der Waals surface area contributed by atoms with Gasteiger partial charge in [0, 0.05) is 6.54 Å². The van der Waals surface area contributed by atoms with E-state index in [1.54, 1.807) is 39.0 Å². The molecule has 2 atom stereocenters. The summed E-state index contributed by atoms with van der Waals surface area (Å²) in [6.45, 7) is 7.83. The maximum atomic E-state index is 12.6. The van der Waals surface area contributed by atoms with Crippen LogP contribution in [-0.2, 0) is 9.53 Å². The summed E-state index contributed by atoms with van der Waals surface area (Å²) >= 11 is 1.64. The van der Waals surface area contributed by atoms with Crippen molar-refractivity contribution in [3.8, 4) is 0 Å². The minimum atomic E-state index is -0.589. The second-order valence-electron chi connectivity index (χ2n) is 6.61. The lowest BCUT2D eigenvalue weighted by atomic mass is 10.1. The summed E-state index contributed by atoms with van der Waals surface area (Å²) in [5, 5.41) is 6.74. The van der Waals surface area contributed by atoms with Crippen molar-refractivity contribution in [2.45, 2.75) is 58.2 Å². The minimum absolute atomic E-state index is 0.0560. The van der Waals surface area contributed by atoms with Crippen LogP contribution < -0.4 is 5.32 Å². The Bertz CT molecular complexity index is 522. The van der Waals surface area contributed by atoms with E-state index in [0.717, 1.165) is 19.4 Å². The second-order valence-corrected chi connectivity index (χ2v) is 7.39. The number of likely N-dealkylation sites (tertiary alicyclic amines) is 1. The highest BCUT2D eigenvalue weighted by molar-refractivity contribution is 7.07. The largest absolute Gasteiger partial charge is 0.444 e. The van der Waals surface area contributed by atoms with Crippen LogP contribution in [0.3, 0.4) is 0 Å². The highest BCUT2D eigenvalue weighted by atomic mass is 32.1. The molecule has 0 spiro atoms. The molecule has 0 radical (unpaired) electrons. The third-order valence-electron chi connectivity index (χ3n) is 3.57. The van der Waals surface area contributed by atoms with Crippen molar-refractivity contribution in [3.05, 3.63) is 22.4 Å². The van der Waals surface area contributed by atoms with Gasteiger partial charge in [0.25, 0.3) is 0 Å². The molecular weight excluding hydrogens is 300 g/mol. The van der Waals surface area contributed by atoms with Crippen molar-refractivity contribution in [1.82, 2.24) is 10.2 Å². The predicted octanol–water partition coefficient (Wildman–Crippen LogP) is 3.32. The average molecular weight is 324 g/mol. The Morgan fingerprint density at radius 2 is 2.18 bits per heavy atom. The zero-order valence-corrected chi connectivity index (χ0v) is 14.4. The van der Waals surface area contributed by atoms with Crippen LogP contribution in [0, 0.1) is 0 Å². The third kappa shape index (κ3) is 4.22. The molecule has 0 aromatic carbocycles. The van der Waals surface area contributed by atoms with Crippen molar-refractivity contribution < 1.29 is 14.3 Å². The van der Waals surface area contributed by atoms with Crippen LogP contribution in [0.1, 0.15) is 52.1 Å². The number of amides is 2. The first-order chi connectivity index (χ1) is 10.3. The Kier molecular flexibility index (Phi) is 5.11. The first kappa shape index (κ1) is 16.8. The summed E-state index contributed by atoms with van der Waals surface area (Å²) in [5.74, 6) is -0.0560. The Morgan fingerprint density at radius 3 is 2.77 bits per heavy atom. The zero-order chi connectivity index (χ0) is 16.3. The number of nitrogens with one attached hydrogen (secondary N) is 1. The summed E-state index contributed by atoms with van der Waals surface area (Å²) in [7, 11) is 0. The SMILES string of the molecule is CC(NC(=O)OC(C)(C)C)C(=O)N1CCCC1c1ccsc1. The van der Waals surface area contributed by atoms with Gasteiger partial charge in [0.1, 0.15) is 11.6 Å². The van der Waals surface area contributed by atoms with Crippen LogP contribution >= 0.6 is 11.3 Å². The molecule has 0 bridgehead atoms. The molecule has 1 aromatic rings. The molecule has 22 heavy (non-hydrogen) atoms. The maximum absolute atomic E-state index is 12.6. The number of alkyl carbamates (subject to hydrolysis) is 1. The maximum Gasteiger partial charge on any atom is 0.408 e. The van der Waals surface area contributed by atoms with E-state index >= 15 is 0 Å². The van der Waals surface area contributed by atoms with E-state index in [4.69, 9.17) is 4.74 Å². The van der Waals surface area contributed by atoms with Gasteiger partial charge < -0.3 is 15.0 Å². The summed E-state index contributed by atoms with van der Waals surface area (Å²) in [5.41, 5.74) is 0.611. The van der Waals surface area contributed by atoms with E-state index in [9.17, 15) is 9.59 Å². The standard InChI is InChI=1S/C16H24N2O3S/c1-11(17-15(20)21-16(2,3)4)14(19)18-8-5-6-13(18)12-7-9-22-10-12/h7,9-11,13H,5-6,8H2,1-4H3,(H,17,20). The number of carbonyl (C=O) groups is 2. The molecule has 1 aromatic heterocycles. The van der Waals surface area contributed by atoms with Gasteiger partial charge in [-0.15, -0.1) is 0 Å². The lowest BCUT2D eigenvalue weighted by Crippen LogP contribution is -2.47. The molecule has 6 heteroatoms. The number of ether oxygens (including phenoxy) is 1. The highest BCUT2D eigenvalue weighted by Gasteiger charge is 2.33. The van der Waals surface area contributed by atoms with Crippen LogP contribution in [0.25, 0.3) is 0 Å². The van der Waals surface area contributed by atoms with Crippen LogP contribution in [0.5, 0.6) is 0 Å². The fraction of sp³-hybridized carbons (Fsp3) is 0.625. The molecule has 2 heterocycles. The summed E-state index contributed by atoms with van der Waals surface area (Å²) in [4.78, 5) is 26.3. The van der Waals surface area contributed by atoms with Crippen molar-refractivity contribution in [3.63, 3.8) is 0 Å². The van der Waals surface area contributed by atoms with Crippen LogP contribution in [0.2, 0.25) is 0 Å². The van der Waals surface area contributed by atoms with Gasteiger partial charge in [-0.1, -0.05) is 0 Å². The van der Waals surface area contributed by atoms with Crippen molar-refractivity contribution in [2.24, 2.45) is 0 Å². The quantitative estimate of drug-likeness (QED) is 0.928. The van der Waals surface area contributed by atoms with E-state index in [1.165, 1.54) is 5.56 Å². The summed E-state index contributed by atoms with van der Waals surface area (Å²) in [6.07, 6.45) is 1.41. The molecule has 2 unspecified atom stereocenters. The number of nitrogens with zero attached hydrogens (tertiary/aromatic N) is 1. The molecule has 2 amide bonds. The smallest absolute Gasteiger partial charge is 0.408 e. The van der Waals surface area contributed by atoms with E-state index in [2.05, 4.69) is 16.8 Å². The van der Waals surface area contributed by atoms with Gasteiger partial charge in [-0.2, -0.15) is 11.3 Å². The molecule has 122 valence electrons. The molecule has 0 saturated carbocycles. The summed E-state index contributed by atoms with van der Waals surface area (Å²) < 4.78 is 5.20. The molecule has 5 nitrogen and oxygen atoms in total. The first-order valence-corrected chi connectivity index (χ1v) is 8.54. The highest BCUT2D eigenvalue weighted by Crippen LogP contribution is 2.33. The number of hydrogen-bond acceptors (Lipinski definition) is 4. The average Bonchev–Trinajstić information content (AvgIpc) is 3.05. The zero-order valence-electron chi connectivity index (χ0n) is 13.6. The second kappa shape index (κ2) is 6.69. The van der Waals surface area contributed by atoms with E-state index in [0.29, 0.717) is 0 Å². The Morgan fingerprint density at radius 1 is 1.45 bits per heavy atom. The van der Waals surface area contributed by atoms with E-state index in [-0.39, 0.29) is 11.9 Å². The van der Waals surface area contributed by atoms with Gasteiger partial charge in [-0.05, 0) is 62.9 Å². The third-order valence-corrected chi connectivity index (χ3v) is 4.27. The number of carbonyl (C=O) groups excluding carboxylic acids is 2. The predicted molar refractivity (Wildman–Crippen MR) is 86.8 cm³/mol. The van der Waals surface area contributed by atoms with Crippen LogP contribution in [-0.4, -0.2) is 35.1 Å². The normalized spacial score (nSPS) is 19.8. The first-order valence-electron chi connectivity index (χ1n) is 7.60. The molecule has 1 fully saturated rings. The fourth-order valence-electron chi connectivity index (χ4n) is 2.64. The van der Waals surface area contributed by atoms with Gasteiger partial charge >= 0.3 is 6.09 Å². The number of hydrogen-bond donors (Lipinski definition) is 1. The molecule has 2 rings (SSSR count). The number of rotatable bonds is 3. The molecular formula is C16H24N2O3S. The Balaban J connectivity index is 1.96. The monoisotopic (exact) mass is 324 g/mol. The van der Waals surface area contributed by atoms with Crippen molar-refractivity contribution in [1.29, 1.82) is 0 Å². The Labute approximate surface area is 135 Å². The lowest BCUT2D eigenvalue weighted by molar-refractivity contribution is -0.134. The van der Waals surface area contributed by atoms with Gasteiger partial charge in [0.2, 0.25) is 5.91 Å². The van der Waals surface area contributed by atoms with Gasteiger partial charge in [-0.25, -0.2) is 4.79 Å². The fourth-order valence-corrected chi connectivity index (χ4v) is 3.34. The summed E-state index contributed by atoms with van der Waals surface area (Å²) in [6, 6.07) is 1.60. The Hall–Kier alpha value is -1.56. The van der Waals surface area contributed by atoms with Gasteiger partial charge in [0.15, 0.2) is 0 Å². The molecule has 0 aliphatic carbocycles. The molecule has 1 aliphatic rings. The van der Waals surface area contributed by atoms with Crippen molar-refractivity contribution >= 4 is 23.3 Å². The molecule has 1 saturated heterocycles. The lowest BCUT2D eigenvalue weighted by Gasteiger charge is -2.28. The minimum Gasteiger partial charge on any atom is -0.444 e. The van der Waals surface area contributed by atoms with Gasteiger partial charge in [0.05, 0.1) is 6.04 Å². The van der Waals surface area contributed by atoms with E-state index < -0.39 is 17.7 Å². The van der Waals surface area contributed by atoms with Crippen LogP contribution in [0.15, 0.2) is 16.8 Å². The van der Waals surface area contributed by atoms with E-state index in [1.807, 2.05) is 10.3 Å². The van der Waals surface area contributed by atoms with Crippen molar-refractivity contribution in [2.75, 3.05) is 6.54 Å².